The van der Waals surface area contributed by atoms with Gasteiger partial charge in [-0.3, -0.25) is 9.88 Å². The maximum Gasteiger partial charge on any atom is 0.414 e. The summed E-state index contributed by atoms with van der Waals surface area (Å²) in [7, 11) is 1.58. The van der Waals surface area contributed by atoms with Crippen molar-refractivity contribution >= 4 is 11.8 Å². The monoisotopic (exact) mass is 350 g/mol. The van der Waals surface area contributed by atoms with Gasteiger partial charge in [-0.15, -0.1) is 0 Å². The number of rotatable bonds is 4. The van der Waals surface area contributed by atoms with Crippen molar-refractivity contribution in [2.45, 2.75) is 40.2 Å². The molecule has 2 aromatic heterocycles. The topological polar surface area (TPSA) is 69.5 Å². The highest BCUT2D eigenvalue weighted by Gasteiger charge is 2.28. The number of hydrogen-bond acceptors (Lipinski definition) is 5. The summed E-state index contributed by atoms with van der Waals surface area (Å²) in [6, 6.07) is 1.29. The second-order valence-electron chi connectivity index (χ2n) is 6.48. The quantitative estimate of drug-likeness (QED) is 0.844. The minimum Gasteiger partial charge on any atom is -0.476 e. The first kappa shape index (κ1) is 18.7. The lowest BCUT2D eigenvalue weighted by molar-refractivity contribution is 0.0588. The first-order valence-electron chi connectivity index (χ1n) is 7.94. The van der Waals surface area contributed by atoms with Crippen LogP contribution in [0.25, 0.3) is 5.69 Å². The summed E-state index contributed by atoms with van der Waals surface area (Å²) in [6.07, 6.45) is 2.04. The second kappa shape index (κ2) is 7.08. The Morgan fingerprint density at radius 2 is 2.04 bits per heavy atom. The van der Waals surface area contributed by atoms with Gasteiger partial charge < -0.3 is 9.47 Å². The van der Waals surface area contributed by atoms with Gasteiger partial charge in [0.25, 0.3) is 0 Å². The lowest BCUT2D eigenvalue weighted by atomic mass is 10.2. The fraction of sp³-hybridized carbons (Fsp3) is 0.471. The number of aromatic nitrogens is 3. The number of carbonyl (C=O) groups excluding carboxylic acids is 1. The molecule has 0 bridgehead atoms. The average Bonchev–Trinajstić information content (AvgIpc) is 2.82. The Morgan fingerprint density at radius 1 is 1.36 bits per heavy atom. The highest BCUT2D eigenvalue weighted by atomic mass is 19.1. The van der Waals surface area contributed by atoms with E-state index in [0.717, 1.165) is 6.20 Å². The molecule has 0 N–H and O–H groups in total. The molecule has 2 aromatic rings. The highest BCUT2D eigenvalue weighted by Crippen LogP contribution is 2.34. The number of amides is 1. The van der Waals surface area contributed by atoms with E-state index in [1.807, 2.05) is 6.92 Å². The number of pyridine rings is 1. The average molecular weight is 350 g/mol. The van der Waals surface area contributed by atoms with E-state index in [4.69, 9.17) is 9.47 Å². The molecule has 2 heterocycles. The first-order chi connectivity index (χ1) is 11.6. The molecule has 0 atom stereocenters. The Labute approximate surface area is 146 Å². The second-order valence-corrected chi connectivity index (χ2v) is 6.48. The summed E-state index contributed by atoms with van der Waals surface area (Å²) in [5.74, 6) is -0.170. The van der Waals surface area contributed by atoms with Crippen molar-refractivity contribution in [2.24, 2.45) is 0 Å². The SMILES string of the molecule is CCOc1c(N(C)C(=O)OC(C)(C)C)c(C)nn1-c1cncc(F)c1. The van der Waals surface area contributed by atoms with Gasteiger partial charge in [0.1, 0.15) is 17.1 Å². The molecule has 136 valence electrons. The number of hydrogen-bond donors (Lipinski definition) is 0. The van der Waals surface area contributed by atoms with Crippen molar-refractivity contribution in [1.82, 2.24) is 14.8 Å². The van der Waals surface area contributed by atoms with E-state index >= 15 is 0 Å². The van der Waals surface area contributed by atoms with Gasteiger partial charge in [0.15, 0.2) is 0 Å². The molecule has 0 aliphatic rings. The lowest BCUT2D eigenvalue weighted by Gasteiger charge is -2.25. The summed E-state index contributed by atoms with van der Waals surface area (Å²) in [5, 5.41) is 4.38. The maximum atomic E-state index is 13.5. The predicted molar refractivity (Wildman–Crippen MR) is 91.9 cm³/mol. The van der Waals surface area contributed by atoms with Gasteiger partial charge in [0, 0.05) is 13.1 Å². The zero-order valence-electron chi connectivity index (χ0n) is 15.3. The minimum atomic E-state index is -0.631. The number of halogens is 1. The van der Waals surface area contributed by atoms with Crippen molar-refractivity contribution in [1.29, 1.82) is 0 Å². The van der Waals surface area contributed by atoms with Crippen LogP contribution in [-0.2, 0) is 4.74 Å². The highest BCUT2D eigenvalue weighted by molar-refractivity contribution is 5.90. The molecular formula is C17H23FN4O3. The summed E-state index contributed by atoms with van der Waals surface area (Å²) >= 11 is 0. The molecule has 0 spiro atoms. The molecule has 1 amide bonds. The zero-order valence-corrected chi connectivity index (χ0v) is 15.3. The molecule has 0 aliphatic heterocycles. The van der Waals surface area contributed by atoms with Crippen LogP contribution in [0.4, 0.5) is 14.9 Å². The van der Waals surface area contributed by atoms with Gasteiger partial charge in [0.2, 0.25) is 5.88 Å². The van der Waals surface area contributed by atoms with E-state index in [9.17, 15) is 9.18 Å². The minimum absolute atomic E-state index is 0.320. The van der Waals surface area contributed by atoms with Gasteiger partial charge in [-0.1, -0.05) is 0 Å². The fourth-order valence-corrected chi connectivity index (χ4v) is 2.26. The number of aryl methyl sites for hydroxylation is 1. The normalized spacial score (nSPS) is 11.3. The number of nitrogens with zero attached hydrogens (tertiary/aromatic N) is 4. The van der Waals surface area contributed by atoms with E-state index in [-0.39, 0.29) is 0 Å². The Kier molecular flexibility index (Phi) is 5.30. The predicted octanol–water partition coefficient (Wildman–Crippen LogP) is 3.48. The fourth-order valence-electron chi connectivity index (χ4n) is 2.26. The molecule has 0 unspecified atom stereocenters. The molecule has 8 heteroatoms. The molecule has 0 aromatic carbocycles. The van der Waals surface area contributed by atoms with Gasteiger partial charge in [-0.05, 0) is 34.6 Å². The third kappa shape index (κ3) is 4.26. The molecule has 0 aliphatic carbocycles. The summed E-state index contributed by atoms with van der Waals surface area (Å²) in [4.78, 5) is 17.6. The van der Waals surface area contributed by atoms with Crippen LogP contribution in [0.1, 0.15) is 33.4 Å². The zero-order chi connectivity index (χ0) is 18.8. The van der Waals surface area contributed by atoms with Crippen LogP contribution in [0.3, 0.4) is 0 Å². The third-order valence-corrected chi connectivity index (χ3v) is 3.21. The van der Waals surface area contributed by atoms with Crippen molar-refractivity contribution in [3.63, 3.8) is 0 Å². The summed E-state index contributed by atoms with van der Waals surface area (Å²) < 4.78 is 26.0. The molecule has 0 saturated carbocycles. The Bertz CT molecular complexity index is 768. The van der Waals surface area contributed by atoms with E-state index in [2.05, 4.69) is 10.1 Å². The Hall–Kier alpha value is -2.64. The van der Waals surface area contributed by atoms with Crippen molar-refractivity contribution in [3.05, 3.63) is 30.0 Å². The summed E-state index contributed by atoms with van der Waals surface area (Å²) in [6.45, 7) is 9.27. The van der Waals surface area contributed by atoms with Gasteiger partial charge in [-0.2, -0.15) is 9.78 Å². The van der Waals surface area contributed by atoms with Gasteiger partial charge >= 0.3 is 6.09 Å². The third-order valence-electron chi connectivity index (χ3n) is 3.21. The number of anilines is 1. The number of carbonyl (C=O) groups is 1. The maximum absolute atomic E-state index is 13.5. The van der Waals surface area contributed by atoms with Crippen LogP contribution in [0, 0.1) is 12.7 Å². The Morgan fingerprint density at radius 3 is 2.60 bits per heavy atom. The van der Waals surface area contributed by atoms with Gasteiger partial charge in [-0.25, -0.2) is 9.18 Å². The van der Waals surface area contributed by atoms with E-state index in [1.165, 1.54) is 21.8 Å². The molecule has 0 radical (unpaired) electrons. The largest absolute Gasteiger partial charge is 0.476 e. The molecule has 0 fully saturated rings. The molecular weight excluding hydrogens is 327 g/mol. The van der Waals surface area contributed by atoms with Crippen LogP contribution in [0.15, 0.2) is 18.5 Å². The molecule has 2 rings (SSSR count). The van der Waals surface area contributed by atoms with Crippen LogP contribution >= 0.6 is 0 Å². The first-order valence-corrected chi connectivity index (χ1v) is 7.94. The van der Waals surface area contributed by atoms with Crippen LogP contribution in [-0.4, -0.2) is 40.1 Å². The lowest BCUT2D eigenvalue weighted by Crippen LogP contribution is -2.34. The smallest absolute Gasteiger partial charge is 0.414 e. The van der Waals surface area contributed by atoms with Crippen LogP contribution in [0.5, 0.6) is 5.88 Å². The standard InChI is InChI=1S/C17H23FN4O3/c1-7-24-15-14(21(6)16(23)25-17(3,4)5)11(2)20-22(15)13-8-12(18)9-19-10-13/h8-10H,7H2,1-6H3. The van der Waals surface area contributed by atoms with E-state index < -0.39 is 17.5 Å². The van der Waals surface area contributed by atoms with Crippen LogP contribution in [0.2, 0.25) is 0 Å². The molecule has 0 saturated heterocycles. The molecule has 25 heavy (non-hydrogen) atoms. The van der Waals surface area contributed by atoms with Crippen molar-refractivity contribution in [3.8, 4) is 11.6 Å². The van der Waals surface area contributed by atoms with Crippen LogP contribution < -0.4 is 9.64 Å². The molecule has 7 nitrogen and oxygen atoms in total. The van der Waals surface area contributed by atoms with E-state index in [0.29, 0.717) is 29.6 Å². The summed E-state index contributed by atoms with van der Waals surface area (Å²) in [5.41, 5.74) is 0.768. The van der Waals surface area contributed by atoms with Crippen molar-refractivity contribution in [2.75, 3.05) is 18.6 Å². The number of ether oxygens (including phenoxy) is 2. The van der Waals surface area contributed by atoms with Gasteiger partial charge in [0.05, 0.1) is 30.4 Å². The van der Waals surface area contributed by atoms with E-state index in [1.54, 1.807) is 34.7 Å². The Balaban J connectivity index is 2.50. The van der Waals surface area contributed by atoms with Crippen molar-refractivity contribution < 1.29 is 18.7 Å².